The molecular formula is C14H11BrCl3N. The molecule has 0 radical (unpaired) electrons. The zero-order chi connectivity index (χ0) is 14.0. The Balaban J connectivity index is 2.16. The SMILES string of the molecule is Cc1cc(Cl)c(NCc2ccc(Br)cc2Cl)cc1Cl. The van der Waals surface area contributed by atoms with Gasteiger partial charge in [-0.15, -0.1) is 0 Å². The van der Waals surface area contributed by atoms with Crippen LogP contribution in [0.5, 0.6) is 0 Å². The van der Waals surface area contributed by atoms with Gasteiger partial charge in [0.25, 0.3) is 0 Å². The molecule has 2 rings (SSSR count). The molecule has 2 aromatic carbocycles. The maximum atomic E-state index is 6.17. The Labute approximate surface area is 136 Å². The van der Waals surface area contributed by atoms with Crippen molar-refractivity contribution in [3.05, 3.63) is 61.0 Å². The highest BCUT2D eigenvalue weighted by molar-refractivity contribution is 9.10. The summed E-state index contributed by atoms with van der Waals surface area (Å²) in [6.45, 7) is 2.51. The van der Waals surface area contributed by atoms with E-state index in [9.17, 15) is 0 Å². The van der Waals surface area contributed by atoms with Gasteiger partial charge in [-0.2, -0.15) is 0 Å². The van der Waals surface area contributed by atoms with E-state index in [1.807, 2.05) is 37.3 Å². The first kappa shape index (κ1) is 15.0. The molecule has 0 aromatic heterocycles. The number of benzene rings is 2. The van der Waals surface area contributed by atoms with Crippen LogP contribution in [0.1, 0.15) is 11.1 Å². The summed E-state index contributed by atoms with van der Waals surface area (Å²) in [7, 11) is 0. The van der Waals surface area contributed by atoms with E-state index in [0.29, 0.717) is 21.6 Å². The van der Waals surface area contributed by atoms with E-state index < -0.39 is 0 Å². The molecule has 0 bridgehead atoms. The minimum Gasteiger partial charge on any atom is -0.380 e. The van der Waals surface area contributed by atoms with Crippen LogP contribution in [0.3, 0.4) is 0 Å². The average molecular weight is 380 g/mol. The van der Waals surface area contributed by atoms with E-state index in [1.54, 1.807) is 0 Å². The summed E-state index contributed by atoms with van der Waals surface area (Å²) in [6.07, 6.45) is 0. The Morgan fingerprint density at radius 3 is 2.42 bits per heavy atom. The van der Waals surface area contributed by atoms with Crippen molar-refractivity contribution in [3.63, 3.8) is 0 Å². The summed E-state index contributed by atoms with van der Waals surface area (Å²) in [5.41, 5.74) is 2.76. The maximum absolute atomic E-state index is 6.17. The van der Waals surface area contributed by atoms with Crippen molar-refractivity contribution in [2.24, 2.45) is 0 Å². The number of halogens is 4. The summed E-state index contributed by atoms with van der Waals surface area (Å²) < 4.78 is 0.956. The van der Waals surface area contributed by atoms with Gasteiger partial charge in [0.15, 0.2) is 0 Å². The van der Waals surface area contributed by atoms with Gasteiger partial charge in [-0.1, -0.05) is 56.8 Å². The first-order valence-corrected chi connectivity index (χ1v) is 7.53. The highest BCUT2D eigenvalue weighted by Crippen LogP contribution is 2.30. The molecule has 2 aromatic rings. The molecule has 19 heavy (non-hydrogen) atoms. The van der Waals surface area contributed by atoms with Crippen LogP contribution in [-0.2, 0) is 6.54 Å². The van der Waals surface area contributed by atoms with E-state index in [4.69, 9.17) is 34.8 Å². The van der Waals surface area contributed by atoms with Gasteiger partial charge >= 0.3 is 0 Å². The molecule has 1 nitrogen and oxygen atoms in total. The molecule has 0 unspecified atom stereocenters. The molecule has 0 fully saturated rings. The summed E-state index contributed by atoms with van der Waals surface area (Å²) in [6, 6.07) is 9.44. The Kier molecular flexibility index (Phi) is 5.02. The van der Waals surface area contributed by atoms with Gasteiger partial charge in [-0.25, -0.2) is 0 Å². The number of aryl methyl sites for hydroxylation is 1. The third kappa shape index (κ3) is 3.79. The Morgan fingerprint density at radius 1 is 1.00 bits per heavy atom. The molecule has 1 N–H and O–H groups in total. The first-order valence-electron chi connectivity index (χ1n) is 5.61. The van der Waals surface area contributed by atoms with Crippen molar-refractivity contribution >= 4 is 56.4 Å². The molecule has 0 atom stereocenters. The predicted octanol–water partition coefficient (Wildman–Crippen LogP) is 6.33. The summed E-state index contributed by atoms with van der Waals surface area (Å²) in [5.74, 6) is 0. The molecule has 0 aliphatic heterocycles. The standard InChI is InChI=1S/C14H11BrCl3N/c1-8-4-13(18)14(6-11(8)16)19-7-9-2-3-10(15)5-12(9)17/h2-6,19H,7H2,1H3. The highest BCUT2D eigenvalue weighted by atomic mass is 79.9. The van der Waals surface area contributed by atoms with Crippen LogP contribution in [0.4, 0.5) is 5.69 Å². The molecule has 100 valence electrons. The number of nitrogens with one attached hydrogen (secondary N) is 1. The second-order valence-corrected chi connectivity index (χ2v) is 6.31. The molecule has 0 aliphatic carbocycles. The van der Waals surface area contributed by atoms with Crippen molar-refractivity contribution in [2.45, 2.75) is 13.5 Å². The highest BCUT2D eigenvalue weighted by Gasteiger charge is 2.06. The van der Waals surface area contributed by atoms with Crippen molar-refractivity contribution < 1.29 is 0 Å². The minimum atomic E-state index is 0.589. The Bertz CT molecular complexity index is 614. The minimum absolute atomic E-state index is 0.589. The van der Waals surface area contributed by atoms with Gasteiger partial charge < -0.3 is 5.32 Å². The quantitative estimate of drug-likeness (QED) is 0.657. The van der Waals surface area contributed by atoms with Gasteiger partial charge in [0.05, 0.1) is 10.7 Å². The zero-order valence-corrected chi connectivity index (χ0v) is 14.0. The fraction of sp³-hybridized carbons (Fsp3) is 0.143. The van der Waals surface area contributed by atoms with E-state index in [2.05, 4.69) is 21.2 Å². The van der Waals surface area contributed by atoms with Gasteiger partial charge in [0, 0.05) is 21.1 Å². The van der Waals surface area contributed by atoms with E-state index in [1.165, 1.54) is 0 Å². The smallest absolute Gasteiger partial charge is 0.0641 e. The fourth-order valence-corrected chi connectivity index (χ4v) is 2.83. The molecule has 0 amide bonds. The molecular weight excluding hydrogens is 368 g/mol. The predicted molar refractivity (Wildman–Crippen MR) is 87.7 cm³/mol. The first-order chi connectivity index (χ1) is 8.97. The monoisotopic (exact) mass is 377 g/mol. The fourth-order valence-electron chi connectivity index (χ4n) is 1.64. The van der Waals surface area contributed by atoms with E-state index in [0.717, 1.165) is 21.3 Å². The summed E-state index contributed by atoms with van der Waals surface area (Å²) >= 11 is 21.8. The number of anilines is 1. The van der Waals surface area contributed by atoms with Crippen LogP contribution in [-0.4, -0.2) is 0 Å². The molecule has 0 saturated carbocycles. The van der Waals surface area contributed by atoms with Crippen molar-refractivity contribution in [1.82, 2.24) is 0 Å². The average Bonchev–Trinajstić information content (AvgIpc) is 2.34. The van der Waals surface area contributed by atoms with E-state index in [-0.39, 0.29) is 0 Å². The number of hydrogen-bond donors (Lipinski definition) is 1. The summed E-state index contributed by atoms with van der Waals surface area (Å²) in [5, 5.41) is 5.28. The second kappa shape index (κ2) is 6.36. The van der Waals surface area contributed by atoms with Crippen LogP contribution in [0.25, 0.3) is 0 Å². The Hall–Kier alpha value is -0.410. The van der Waals surface area contributed by atoms with Crippen LogP contribution >= 0.6 is 50.7 Å². The second-order valence-electron chi connectivity index (χ2n) is 4.17. The van der Waals surface area contributed by atoms with Crippen molar-refractivity contribution in [2.75, 3.05) is 5.32 Å². The van der Waals surface area contributed by atoms with E-state index >= 15 is 0 Å². The normalized spacial score (nSPS) is 10.6. The Morgan fingerprint density at radius 2 is 1.74 bits per heavy atom. The van der Waals surface area contributed by atoms with Crippen LogP contribution in [0.15, 0.2) is 34.8 Å². The summed E-state index contributed by atoms with van der Waals surface area (Å²) in [4.78, 5) is 0. The van der Waals surface area contributed by atoms with Gasteiger partial charge in [0.2, 0.25) is 0 Å². The molecule has 0 saturated heterocycles. The third-order valence-electron chi connectivity index (χ3n) is 2.73. The number of rotatable bonds is 3. The lowest BCUT2D eigenvalue weighted by atomic mass is 10.2. The van der Waals surface area contributed by atoms with Crippen LogP contribution in [0.2, 0.25) is 15.1 Å². The van der Waals surface area contributed by atoms with Gasteiger partial charge in [-0.05, 0) is 42.3 Å². The lowest BCUT2D eigenvalue weighted by molar-refractivity contribution is 1.15. The molecule has 5 heteroatoms. The molecule has 0 heterocycles. The largest absolute Gasteiger partial charge is 0.380 e. The molecule has 0 spiro atoms. The van der Waals surface area contributed by atoms with Crippen LogP contribution in [0, 0.1) is 6.92 Å². The topological polar surface area (TPSA) is 12.0 Å². The van der Waals surface area contributed by atoms with Crippen molar-refractivity contribution in [3.8, 4) is 0 Å². The third-order valence-corrected chi connectivity index (χ3v) is 4.30. The van der Waals surface area contributed by atoms with Crippen molar-refractivity contribution in [1.29, 1.82) is 0 Å². The maximum Gasteiger partial charge on any atom is 0.0641 e. The zero-order valence-electron chi connectivity index (χ0n) is 10.1. The molecule has 0 aliphatic rings. The number of hydrogen-bond acceptors (Lipinski definition) is 1. The van der Waals surface area contributed by atoms with Crippen LogP contribution < -0.4 is 5.32 Å². The lowest BCUT2D eigenvalue weighted by Gasteiger charge is -2.11. The van der Waals surface area contributed by atoms with Gasteiger partial charge in [0.1, 0.15) is 0 Å². The van der Waals surface area contributed by atoms with Gasteiger partial charge in [-0.3, -0.25) is 0 Å². The lowest BCUT2D eigenvalue weighted by Crippen LogP contribution is -2.01.